The van der Waals surface area contributed by atoms with Crippen LogP contribution in [0.1, 0.15) is 25.7 Å². The summed E-state index contributed by atoms with van der Waals surface area (Å²) in [7, 11) is -3.95. The van der Waals surface area contributed by atoms with E-state index in [2.05, 4.69) is 16.0 Å². The fraction of sp³-hybridized carbons (Fsp3) is 0.333. The molecule has 0 bridgehead atoms. The second-order valence-corrected chi connectivity index (χ2v) is 8.41. The number of nitrogens with zero attached hydrogens (tertiary/aromatic N) is 1. The zero-order valence-electron chi connectivity index (χ0n) is 16.9. The number of carboxylic acid groups (broad SMARTS) is 1. The summed E-state index contributed by atoms with van der Waals surface area (Å²) < 4.78 is 33.8. The van der Waals surface area contributed by atoms with Crippen LogP contribution in [0.5, 0.6) is 5.75 Å². The predicted molar refractivity (Wildman–Crippen MR) is 115 cm³/mol. The van der Waals surface area contributed by atoms with Crippen LogP contribution in [0.15, 0.2) is 53.6 Å². The van der Waals surface area contributed by atoms with E-state index in [0.29, 0.717) is 31.1 Å². The fourth-order valence-electron chi connectivity index (χ4n) is 2.73. The number of rotatable bonds is 13. The number of benzene rings is 1. The van der Waals surface area contributed by atoms with E-state index in [1.54, 1.807) is 30.3 Å². The number of nitrogens with one attached hydrogen (secondary N) is 2. The molecule has 166 valence electrons. The molecule has 9 nitrogen and oxygen atoms in total. The lowest BCUT2D eigenvalue weighted by Gasteiger charge is -2.15. The van der Waals surface area contributed by atoms with Crippen molar-refractivity contribution in [3.05, 3.63) is 53.9 Å². The van der Waals surface area contributed by atoms with Crippen LogP contribution in [-0.4, -0.2) is 38.7 Å². The van der Waals surface area contributed by atoms with E-state index in [1.807, 2.05) is 0 Å². The van der Waals surface area contributed by atoms with Gasteiger partial charge in [-0.1, -0.05) is 12.1 Å². The number of pyridine rings is 1. The van der Waals surface area contributed by atoms with Crippen molar-refractivity contribution in [1.29, 1.82) is 0 Å². The number of terminal acetylenes is 1. The van der Waals surface area contributed by atoms with Crippen molar-refractivity contribution in [1.82, 2.24) is 4.72 Å². The normalized spacial score (nSPS) is 12.0. The Labute approximate surface area is 181 Å². The van der Waals surface area contributed by atoms with Crippen molar-refractivity contribution in [2.75, 3.05) is 18.5 Å². The number of aromatic nitrogens is 1. The summed E-state index contributed by atoms with van der Waals surface area (Å²) in [6.45, 7) is 0.956. The van der Waals surface area contributed by atoms with Gasteiger partial charge in [-0.25, -0.2) is 17.9 Å². The molecule has 10 heteroatoms. The lowest BCUT2D eigenvalue weighted by molar-refractivity contribution is -0.590. The molecule has 2 rings (SSSR count). The zero-order chi connectivity index (χ0) is 22.7. The van der Waals surface area contributed by atoms with Gasteiger partial charge in [-0.2, -0.15) is 0 Å². The lowest BCUT2D eigenvalue weighted by Crippen LogP contribution is -2.36. The maximum Gasteiger partial charge on any atom is 0.305 e. The first kappa shape index (κ1) is 24.0. The maximum absolute atomic E-state index is 12.6. The van der Waals surface area contributed by atoms with Gasteiger partial charge in [-0.15, -0.1) is 12.3 Å². The summed E-state index contributed by atoms with van der Waals surface area (Å²) in [5.74, 6) is 1.98. The molecule has 31 heavy (non-hydrogen) atoms. The number of anilines is 1. The zero-order valence-corrected chi connectivity index (χ0v) is 17.7. The topological polar surface area (TPSA) is 132 Å². The van der Waals surface area contributed by atoms with Crippen LogP contribution in [-0.2, 0) is 14.8 Å². The van der Waals surface area contributed by atoms with Gasteiger partial charge >= 0.3 is 5.97 Å². The molecule has 0 saturated carbocycles. The maximum atomic E-state index is 12.6. The number of sulfonamides is 1. The summed E-state index contributed by atoms with van der Waals surface area (Å²) in [6.07, 6.45) is 7.60. The Bertz CT molecular complexity index is 1020. The van der Waals surface area contributed by atoms with Gasteiger partial charge in [0.15, 0.2) is 0 Å². The smallest absolute Gasteiger partial charge is 0.305 e. The Kier molecular flexibility index (Phi) is 9.12. The van der Waals surface area contributed by atoms with Crippen LogP contribution >= 0.6 is 0 Å². The largest absolute Gasteiger partial charge is 0.711 e. The summed E-state index contributed by atoms with van der Waals surface area (Å²) in [6, 6.07) is 10.2. The van der Waals surface area contributed by atoms with Crippen molar-refractivity contribution in [3.8, 4) is 18.1 Å². The average molecular weight is 448 g/mol. The van der Waals surface area contributed by atoms with Gasteiger partial charge in [0, 0.05) is 24.6 Å². The summed E-state index contributed by atoms with van der Waals surface area (Å²) in [5.41, 5.74) is 0. The van der Waals surface area contributed by atoms with Gasteiger partial charge in [-0.3, -0.25) is 10.1 Å². The molecule has 0 radical (unpaired) electrons. The molecule has 0 saturated heterocycles. The molecule has 1 atom stereocenters. The molecule has 0 fully saturated rings. The predicted octanol–water partition coefficient (Wildman–Crippen LogP) is 1.74. The Morgan fingerprint density at radius 3 is 2.77 bits per heavy atom. The van der Waals surface area contributed by atoms with E-state index in [-0.39, 0.29) is 11.3 Å². The van der Waals surface area contributed by atoms with Gasteiger partial charge in [0.25, 0.3) is 5.82 Å². The third kappa shape index (κ3) is 8.16. The Hall–Kier alpha value is -3.29. The highest BCUT2D eigenvalue weighted by Gasteiger charge is 2.22. The van der Waals surface area contributed by atoms with E-state index in [1.165, 1.54) is 18.3 Å². The first-order chi connectivity index (χ1) is 14.8. The summed E-state index contributed by atoms with van der Waals surface area (Å²) in [5, 5.41) is 23.5. The van der Waals surface area contributed by atoms with Crippen LogP contribution < -0.4 is 19.5 Å². The average Bonchev–Trinajstić information content (AvgIpc) is 2.71. The number of hydrogen-bond donors (Lipinski definition) is 3. The van der Waals surface area contributed by atoms with E-state index in [0.717, 1.165) is 11.2 Å². The molecule has 1 aromatic heterocycles. The van der Waals surface area contributed by atoms with Crippen LogP contribution in [0, 0.1) is 17.6 Å². The molecule has 1 aromatic carbocycles. The van der Waals surface area contributed by atoms with E-state index in [9.17, 15) is 18.4 Å². The molecule has 0 aliphatic carbocycles. The minimum absolute atomic E-state index is 0.0366. The molecule has 1 heterocycles. The molecule has 0 spiro atoms. The number of carbonyl (C=O) groups is 1. The van der Waals surface area contributed by atoms with Crippen LogP contribution in [0.4, 0.5) is 5.82 Å². The molecule has 0 aliphatic heterocycles. The van der Waals surface area contributed by atoms with Crippen LogP contribution in [0.2, 0.25) is 0 Å². The SMILES string of the molecule is C#CC[C@@H](CC(=O)O)NS(=O)(=O)c1cccc(OCCCCNc2cccc[n+]2[O-])c1. The molecule has 0 aliphatic rings. The second kappa shape index (κ2) is 11.8. The minimum Gasteiger partial charge on any atom is -0.711 e. The Balaban J connectivity index is 1.84. The van der Waals surface area contributed by atoms with Gasteiger partial charge < -0.3 is 15.1 Å². The number of hydrogen-bond acceptors (Lipinski definition) is 6. The molecule has 2 aromatic rings. The number of ether oxygens (including phenoxy) is 1. The van der Waals surface area contributed by atoms with Crippen molar-refractivity contribution < 1.29 is 27.8 Å². The highest BCUT2D eigenvalue weighted by atomic mass is 32.2. The fourth-order valence-corrected chi connectivity index (χ4v) is 4.00. The lowest BCUT2D eigenvalue weighted by atomic mass is 10.2. The number of carboxylic acids is 1. The van der Waals surface area contributed by atoms with Crippen molar-refractivity contribution in [2.24, 2.45) is 0 Å². The minimum atomic E-state index is -3.95. The molecular formula is C21H25N3O6S. The second-order valence-electron chi connectivity index (χ2n) is 6.69. The molecule has 0 unspecified atom stereocenters. The highest BCUT2D eigenvalue weighted by molar-refractivity contribution is 7.89. The first-order valence-electron chi connectivity index (χ1n) is 9.64. The number of unbranched alkanes of at least 4 members (excludes halogenated alkanes) is 1. The van der Waals surface area contributed by atoms with E-state index < -0.39 is 28.5 Å². The molecular weight excluding hydrogens is 422 g/mol. The Morgan fingerprint density at radius 1 is 1.26 bits per heavy atom. The summed E-state index contributed by atoms with van der Waals surface area (Å²) in [4.78, 5) is 10.9. The third-order valence-electron chi connectivity index (χ3n) is 4.19. The van der Waals surface area contributed by atoms with Crippen molar-refractivity contribution >= 4 is 21.8 Å². The third-order valence-corrected chi connectivity index (χ3v) is 5.71. The van der Waals surface area contributed by atoms with E-state index >= 15 is 0 Å². The van der Waals surface area contributed by atoms with Crippen molar-refractivity contribution in [3.63, 3.8) is 0 Å². The first-order valence-corrected chi connectivity index (χ1v) is 11.1. The van der Waals surface area contributed by atoms with Gasteiger partial charge in [0.2, 0.25) is 10.0 Å². The molecule has 0 amide bonds. The van der Waals surface area contributed by atoms with Gasteiger partial charge in [0.1, 0.15) is 5.75 Å². The van der Waals surface area contributed by atoms with E-state index in [4.69, 9.17) is 16.3 Å². The molecule has 3 N–H and O–H groups in total. The highest BCUT2D eigenvalue weighted by Crippen LogP contribution is 2.19. The number of aliphatic carboxylic acids is 1. The Morgan fingerprint density at radius 2 is 2.06 bits per heavy atom. The van der Waals surface area contributed by atoms with Crippen LogP contribution in [0.25, 0.3) is 0 Å². The quantitative estimate of drug-likeness (QED) is 0.184. The monoisotopic (exact) mass is 447 g/mol. The van der Waals surface area contributed by atoms with Gasteiger partial charge in [-0.05, 0) is 31.0 Å². The van der Waals surface area contributed by atoms with Gasteiger partial charge in [0.05, 0.1) is 30.7 Å². The summed E-state index contributed by atoms with van der Waals surface area (Å²) >= 11 is 0. The standard InChI is InChI=1S/C21H25N3O6S/c1-2-8-17(15-21(25)26)23-31(28,29)19-10-7-9-18(16-19)30-14-6-4-12-22-20-11-3-5-13-24(20)27/h1,3,5,7,9-11,13,16-17,22-23H,4,6,8,12,14-15H2,(H,25,26)/t17-/m0/s1. The van der Waals surface area contributed by atoms with Crippen molar-refractivity contribution in [2.45, 2.75) is 36.6 Å². The van der Waals surface area contributed by atoms with Crippen LogP contribution in [0.3, 0.4) is 0 Å².